The van der Waals surface area contributed by atoms with E-state index in [1.165, 1.54) is 12.8 Å². The number of ether oxygens (including phenoxy) is 1. The molecule has 0 heterocycles. The molecule has 0 saturated heterocycles. The topological polar surface area (TPSA) is 29.5 Å². The monoisotopic (exact) mass is 252 g/mol. The van der Waals surface area contributed by atoms with Gasteiger partial charge in [-0.3, -0.25) is 0 Å². The summed E-state index contributed by atoms with van der Waals surface area (Å²) in [6.45, 7) is 8.78. The highest BCUT2D eigenvalue weighted by atomic mass is 16.5. The average molecular weight is 252 g/mol. The van der Waals surface area contributed by atoms with Crippen molar-refractivity contribution in [2.24, 2.45) is 41.4 Å². The average Bonchev–Trinajstić information content (AvgIpc) is 2.88. The molecule has 3 saturated carbocycles. The fourth-order valence-corrected chi connectivity index (χ4v) is 5.73. The molecule has 1 N–H and O–H groups in total. The molecular formula is C16H28O2. The summed E-state index contributed by atoms with van der Waals surface area (Å²) in [5.41, 5.74) is -0.600. The van der Waals surface area contributed by atoms with E-state index >= 15 is 0 Å². The van der Waals surface area contributed by atoms with Gasteiger partial charge in [-0.15, -0.1) is 0 Å². The van der Waals surface area contributed by atoms with Crippen molar-refractivity contribution in [1.82, 2.24) is 0 Å². The lowest BCUT2D eigenvalue weighted by atomic mass is 9.70. The first-order valence-corrected chi connectivity index (χ1v) is 7.61. The van der Waals surface area contributed by atoms with Crippen LogP contribution in [0.1, 0.15) is 40.5 Å². The molecule has 0 aromatic carbocycles. The summed E-state index contributed by atoms with van der Waals surface area (Å²) in [6, 6.07) is 0. The molecule has 0 amide bonds. The fourth-order valence-electron chi connectivity index (χ4n) is 5.73. The van der Waals surface area contributed by atoms with Gasteiger partial charge < -0.3 is 9.84 Å². The van der Waals surface area contributed by atoms with Gasteiger partial charge in [0.05, 0.1) is 11.7 Å². The summed E-state index contributed by atoms with van der Waals surface area (Å²) in [5.74, 6) is 5.28. The Hall–Kier alpha value is -0.0800. The maximum Gasteiger partial charge on any atom is 0.0660 e. The summed E-state index contributed by atoms with van der Waals surface area (Å²) in [7, 11) is 1.84. The first-order valence-electron chi connectivity index (χ1n) is 7.61. The van der Waals surface area contributed by atoms with Gasteiger partial charge in [0.25, 0.3) is 0 Å². The van der Waals surface area contributed by atoms with Crippen LogP contribution in [0.2, 0.25) is 0 Å². The van der Waals surface area contributed by atoms with E-state index in [9.17, 15) is 5.11 Å². The maximum absolute atomic E-state index is 10.4. The minimum Gasteiger partial charge on any atom is -0.390 e. The lowest BCUT2D eigenvalue weighted by Gasteiger charge is -2.37. The van der Waals surface area contributed by atoms with Crippen LogP contribution in [0.5, 0.6) is 0 Å². The molecule has 3 rings (SSSR count). The zero-order valence-corrected chi connectivity index (χ0v) is 12.4. The molecule has 0 aromatic rings. The molecule has 0 radical (unpaired) electrons. The second-order valence-corrected chi connectivity index (χ2v) is 7.72. The summed E-state index contributed by atoms with van der Waals surface area (Å²) in [5, 5.41) is 10.4. The molecule has 18 heavy (non-hydrogen) atoms. The molecule has 8 atom stereocenters. The smallest absolute Gasteiger partial charge is 0.0660 e. The van der Waals surface area contributed by atoms with Crippen molar-refractivity contribution in [1.29, 1.82) is 0 Å². The predicted octanol–water partition coefficient (Wildman–Crippen LogP) is 2.95. The first kappa shape index (κ1) is 12.9. The standard InChI is InChI=1S/C16H28O2/c1-8-9(2)11-6-10(8)12-7-13(16(3,4)17)15(18-5)14(11)12/h8-15,17H,6-7H2,1-5H3. The summed E-state index contributed by atoms with van der Waals surface area (Å²) in [4.78, 5) is 0. The van der Waals surface area contributed by atoms with Crippen molar-refractivity contribution in [2.75, 3.05) is 7.11 Å². The van der Waals surface area contributed by atoms with Crippen LogP contribution in [0.4, 0.5) is 0 Å². The Kier molecular flexibility index (Phi) is 2.84. The van der Waals surface area contributed by atoms with Gasteiger partial charge in [0, 0.05) is 13.0 Å². The van der Waals surface area contributed by atoms with Crippen molar-refractivity contribution in [2.45, 2.75) is 52.2 Å². The highest BCUT2D eigenvalue weighted by Crippen LogP contribution is 2.65. The zero-order valence-electron chi connectivity index (χ0n) is 12.4. The summed E-state index contributed by atoms with van der Waals surface area (Å²) < 4.78 is 5.84. The van der Waals surface area contributed by atoms with Crippen molar-refractivity contribution < 1.29 is 9.84 Å². The van der Waals surface area contributed by atoms with Crippen LogP contribution in [0, 0.1) is 41.4 Å². The lowest BCUT2D eigenvalue weighted by molar-refractivity contribution is -0.0695. The number of methoxy groups -OCH3 is 1. The largest absolute Gasteiger partial charge is 0.390 e. The molecule has 3 aliphatic carbocycles. The van der Waals surface area contributed by atoms with Crippen molar-refractivity contribution >= 4 is 0 Å². The molecule has 2 heteroatoms. The molecule has 8 unspecified atom stereocenters. The highest BCUT2D eigenvalue weighted by Gasteiger charge is 2.63. The second kappa shape index (κ2) is 3.96. The SMILES string of the molecule is COC1C2C3CC(C(C)C3C)C2CC1C(C)(C)O. The van der Waals surface area contributed by atoms with Gasteiger partial charge in [0.1, 0.15) is 0 Å². The van der Waals surface area contributed by atoms with Gasteiger partial charge in [-0.2, -0.15) is 0 Å². The number of hydrogen-bond donors (Lipinski definition) is 1. The van der Waals surface area contributed by atoms with E-state index in [0.29, 0.717) is 11.8 Å². The van der Waals surface area contributed by atoms with Gasteiger partial charge in [-0.05, 0) is 62.2 Å². The number of hydrogen-bond acceptors (Lipinski definition) is 2. The van der Waals surface area contributed by atoms with Crippen molar-refractivity contribution in [3.05, 3.63) is 0 Å². The molecule has 104 valence electrons. The van der Waals surface area contributed by atoms with E-state index in [1.807, 2.05) is 21.0 Å². The molecule has 3 fully saturated rings. The third-order valence-corrected chi connectivity index (χ3v) is 6.74. The Labute approximate surface area is 111 Å². The Balaban J connectivity index is 1.89. The van der Waals surface area contributed by atoms with Crippen LogP contribution >= 0.6 is 0 Å². The normalized spacial score (nSPS) is 55.0. The lowest BCUT2D eigenvalue weighted by Crippen LogP contribution is -2.41. The number of aliphatic hydroxyl groups is 1. The Bertz CT molecular complexity index is 332. The quantitative estimate of drug-likeness (QED) is 0.819. The fraction of sp³-hybridized carbons (Fsp3) is 1.00. The molecule has 3 aliphatic rings. The third-order valence-electron chi connectivity index (χ3n) is 6.74. The number of rotatable bonds is 2. The highest BCUT2D eigenvalue weighted by molar-refractivity contribution is 5.11. The molecular weight excluding hydrogens is 224 g/mol. The van der Waals surface area contributed by atoms with E-state index in [4.69, 9.17) is 4.74 Å². The molecule has 2 bridgehead atoms. The van der Waals surface area contributed by atoms with Gasteiger partial charge in [0.2, 0.25) is 0 Å². The first-order chi connectivity index (χ1) is 8.36. The van der Waals surface area contributed by atoms with Crippen LogP contribution < -0.4 is 0 Å². The predicted molar refractivity (Wildman–Crippen MR) is 72.1 cm³/mol. The van der Waals surface area contributed by atoms with Gasteiger partial charge in [0.15, 0.2) is 0 Å². The third kappa shape index (κ3) is 1.54. The van der Waals surface area contributed by atoms with E-state index in [0.717, 1.165) is 29.6 Å². The summed E-state index contributed by atoms with van der Waals surface area (Å²) >= 11 is 0. The van der Waals surface area contributed by atoms with Crippen molar-refractivity contribution in [3.63, 3.8) is 0 Å². The van der Waals surface area contributed by atoms with E-state index < -0.39 is 5.60 Å². The van der Waals surface area contributed by atoms with Crippen molar-refractivity contribution in [3.8, 4) is 0 Å². The van der Waals surface area contributed by atoms with Gasteiger partial charge in [-0.1, -0.05) is 13.8 Å². The van der Waals surface area contributed by atoms with Crippen LogP contribution in [0.25, 0.3) is 0 Å². The maximum atomic E-state index is 10.4. The molecule has 0 aromatic heterocycles. The molecule has 0 spiro atoms. The van der Waals surface area contributed by atoms with Crippen LogP contribution in [0.15, 0.2) is 0 Å². The minimum atomic E-state index is -0.600. The number of fused-ring (bicyclic) bond motifs is 5. The van der Waals surface area contributed by atoms with Gasteiger partial charge >= 0.3 is 0 Å². The molecule has 0 aliphatic heterocycles. The summed E-state index contributed by atoms with van der Waals surface area (Å²) in [6.07, 6.45) is 2.86. The molecule has 2 nitrogen and oxygen atoms in total. The van der Waals surface area contributed by atoms with E-state index in [-0.39, 0.29) is 6.10 Å². The van der Waals surface area contributed by atoms with E-state index in [1.54, 1.807) is 0 Å². The second-order valence-electron chi connectivity index (χ2n) is 7.72. The Morgan fingerprint density at radius 1 is 1.00 bits per heavy atom. The van der Waals surface area contributed by atoms with Crippen LogP contribution in [-0.2, 0) is 4.74 Å². The van der Waals surface area contributed by atoms with Gasteiger partial charge in [-0.25, -0.2) is 0 Å². The Morgan fingerprint density at radius 3 is 2.17 bits per heavy atom. The minimum absolute atomic E-state index is 0.278. The van der Waals surface area contributed by atoms with E-state index in [2.05, 4.69) is 13.8 Å². The Morgan fingerprint density at radius 2 is 1.61 bits per heavy atom. The zero-order chi connectivity index (χ0) is 13.2. The van der Waals surface area contributed by atoms with Crippen LogP contribution in [-0.4, -0.2) is 23.9 Å². The van der Waals surface area contributed by atoms with Crippen LogP contribution in [0.3, 0.4) is 0 Å².